The van der Waals surface area contributed by atoms with E-state index in [0.717, 1.165) is 11.5 Å². The first kappa shape index (κ1) is 19.3. The number of fused-ring (bicyclic) bond motifs is 5. The third-order valence-electron chi connectivity index (χ3n) is 7.26. The number of nitrogens with zero attached hydrogens (tertiary/aromatic N) is 1. The molecule has 0 aliphatic carbocycles. The van der Waals surface area contributed by atoms with E-state index in [1.54, 1.807) is 0 Å². The van der Waals surface area contributed by atoms with E-state index in [9.17, 15) is 0 Å². The normalized spacial score (nSPS) is 12.6. The summed E-state index contributed by atoms with van der Waals surface area (Å²) in [4.78, 5) is 0. The Labute approximate surface area is 189 Å². The van der Waals surface area contributed by atoms with Gasteiger partial charge in [0.25, 0.3) is 0 Å². The molecule has 1 aromatic heterocycles. The van der Waals surface area contributed by atoms with Crippen molar-refractivity contribution in [2.45, 2.75) is 40.5 Å². The van der Waals surface area contributed by atoms with Gasteiger partial charge in [0, 0.05) is 17.0 Å². The lowest BCUT2D eigenvalue weighted by Crippen LogP contribution is -2.32. The van der Waals surface area contributed by atoms with Gasteiger partial charge in [0.2, 0.25) is 5.69 Å². The highest BCUT2D eigenvalue weighted by Gasteiger charge is 2.32. The van der Waals surface area contributed by atoms with Crippen LogP contribution in [-0.2, 0) is 7.05 Å². The van der Waals surface area contributed by atoms with Gasteiger partial charge < -0.3 is 4.74 Å². The van der Waals surface area contributed by atoms with E-state index in [1.807, 2.05) is 0 Å². The number of pyridine rings is 1. The van der Waals surface area contributed by atoms with E-state index in [2.05, 4.69) is 101 Å². The van der Waals surface area contributed by atoms with Crippen LogP contribution in [0.25, 0.3) is 43.6 Å². The van der Waals surface area contributed by atoms with Crippen molar-refractivity contribution in [3.63, 3.8) is 0 Å². The van der Waals surface area contributed by atoms with Crippen molar-refractivity contribution in [2.24, 2.45) is 7.05 Å². The van der Waals surface area contributed by atoms with Crippen LogP contribution in [0.2, 0.25) is 0 Å². The van der Waals surface area contributed by atoms with Gasteiger partial charge in [0.05, 0.1) is 10.9 Å². The standard InChI is InChI=1S/C30H28NO/c1-16(2)20-8-10-23-21(14-20)15-26-28-24(23)11-12-31(6)29(28)27-18(4)25-13-17(3)7-9-22(25)19(5)30(27)32-26/h7-16H,1-6H3/q+1. The average Bonchev–Trinajstić information content (AvgIpc) is 2.78. The topological polar surface area (TPSA) is 13.1 Å². The van der Waals surface area contributed by atoms with Crippen molar-refractivity contribution in [3.05, 3.63) is 77.0 Å². The smallest absolute Gasteiger partial charge is 0.228 e. The van der Waals surface area contributed by atoms with E-state index in [1.165, 1.54) is 65.8 Å². The van der Waals surface area contributed by atoms with Gasteiger partial charge >= 0.3 is 0 Å². The Balaban J connectivity index is 1.79. The van der Waals surface area contributed by atoms with Gasteiger partial charge in [-0.15, -0.1) is 0 Å². The molecule has 4 aromatic carbocycles. The molecule has 0 spiro atoms. The zero-order chi connectivity index (χ0) is 22.3. The molecule has 0 fully saturated rings. The van der Waals surface area contributed by atoms with Crippen molar-refractivity contribution in [3.8, 4) is 22.8 Å². The van der Waals surface area contributed by atoms with Gasteiger partial charge in [-0.3, -0.25) is 0 Å². The molecule has 2 heterocycles. The molecule has 1 aliphatic heterocycles. The van der Waals surface area contributed by atoms with E-state index in [-0.39, 0.29) is 0 Å². The Kier molecular flexibility index (Phi) is 3.96. The van der Waals surface area contributed by atoms with Crippen molar-refractivity contribution in [1.29, 1.82) is 0 Å². The van der Waals surface area contributed by atoms with Crippen molar-refractivity contribution >= 4 is 32.3 Å². The summed E-state index contributed by atoms with van der Waals surface area (Å²) in [5.74, 6) is 2.45. The lowest BCUT2D eigenvalue weighted by atomic mass is 9.87. The maximum absolute atomic E-state index is 6.75. The van der Waals surface area contributed by atoms with E-state index < -0.39 is 0 Å². The van der Waals surface area contributed by atoms with Gasteiger partial charge in [-0.2, -0.15) is 0 Å². The first-order chi connectivity index (χ1) is 15.3. The summed E-state index contributed by atoms with van der Waals surface area (Å²) in [7, 11) is 2.15. The fraction of sp³-hybridized carbons (Fsp3) is 0.233. The molecule has 2 nitrogen and oxygen atoms in total. The number of aryl methyl sites for hydroxylation is 4. The largest absolute Gasteiger partial charge is 0.455 e. The average molecular weight is 419 g/mol. The summed E-state index contributed by atoms with van der Waals surface area (Å²) in [6.07, 6.45) is 2.20. The molecular weight excluding hydrogens is 390 g/mol. The molecule has 0 unspecified atom stereocenters. The second-order valence-corrected chi connectivity index (χ2v) is 9.68. The van der Waals surface area contributed by atoms with Crippen LogP contribution in [0.1, 0.15) is 42.0 Å². The summed E-state index contributed by atoms with van der Waals surface area (Å²) in [6.45, 7) is 11.1. The highest BCUT2D eigenvalue weighted by atomic mass is 16.5. The van der Waals surface area contributed by atoms with Crippen molar-refractivity contribution < 1.29 is 9.30 Å². The maximum Gasteiger partial charge on any atom is 0.228 e. The lowest BCUT2D eigenvalue weighted by molar-refractivity contribution is -0.659. The quantitative estimate of drug-likeness (QED) is 0.196. The predicted molar refractivity (Wildman–Crippen MR) is 134 cm³/mol. The number of benzene rings is 4. The van der Waals surface area contributed by atoms with Crippen molar-refractivity contribution in [1.82, 2.24) is 0 Å². The minimum Gasteiger partial charge on any atom is -0.455 e. The number of hydrogen-bond donors (Lipinski definition) is 0. The van der Waals surface area contributed by atoms with Gasteiger partial charge in [-0.1, -0.05) is 55.8 Å². The zero-order valence-corrected chi connectivity index (χ0v) is 19.6. The fourth-order valence-corrected chi connectivity index (χ4v) is 5.46. The molecule has 1 aliphatic rings. The first-order valence-corrected chi connectivity index (χ1v) is 11.5. The Morgan fingerprint density at radius 2 is 1.56 bits per heavy atom. The molecule has 0 amide bonds. The molecule has 5 aromatic rings. The van der Waals surface area contributed by atoms with Crippen molar-refractivity contribution in [2.75, 3.05) is 0 Å². The molecule has 0 atom stereocenters. The molecule has 0 bridgehead atoms. The van der Waals surface area contributed by atoms with E-state index >= 15 is 0 Å². The molecule has 158 valence electrons. The Morgan fingerprint density at radius 3 is 2.34 bits per heavy atom. The van der Waals surface area contributed by atoms with Crippen LogP contribution in [0, 0.1) is 20.8 Å². The van der Waals surface area contributed by atoms with E-state index in [0.29, 0.717) is 5.92 Å². The Hall–Kier alpha value is -3.39. The van der Waals surface area contributed by atoms with Gasteiger partial charge in [0.15, 0.2) is 6.20 Å². The molecule has 0 N–H and O–H groups in total. The van der Waals surface area contributed by atoms with Gasteiger partial charge in [-0.05, 0) is 65.4 Å². The first-order valence-electron chi connectivity index (χ1n) is 11.5. The molecular formula is C30H28NO+. The predicted octanol–water partition coefficient (Wildman–Crippen LogP) is 7.79. The molecule has 0 saturated heterocycles. The summed E-state index contributed by atoms with van der Waals surface area (Å²) in [5.41, 5.74) is 7.60. The second kappa shape index (κ2) is 6.56. The molecule has 2 heteroatoms. The molecule has 0 radical (unpaired) electrons. The number of aromatic nitrogens is 1. The van der Waals surface area contributed by atoms with Crippen LogP contribution >= 0.6 is 0 Å². The maximum atomic E-state index is 6.75. The summed E-state index contributed by atoms with van der Waals surface area (Å²) >= 11 is 0. The van der Waals surface area contributed by atoms with Crippen LogP contribution in [0.3, 0.4) is 0 Å². The summed E-state index contributed by atoms with van der Waals surface area (Å²) in [6, 6.07) is 18.1. The number of rotatable bonds is 1. The third-order valence-corrected chi connectivity index (χ3v) is 7.26. The van der Waals surface area contributed by atoms with Crippen LogP contribution in [0.4, 0.5) is 0 Å². The fourth-order valence-electron chi connectivity index (χ4n) is 5.46. The minimum absolute atomic E-state index is 0.497. The monoisotopic (exact) mass is 418 g/mol. The SMILES string of the molecule is Cc1ccc2c(C)c3c(c(C)c2c1)-c1c2c(cc4cc(C(C)C)ccc4c2cc[n+]1C)O3. The molecule has 32 heavy (non-hydrogen) atoms. The van der Waals surface area contributed by atoms with Gasteiger partial charge in [0.1, 0.15) is 18.5 Å². The van der Waals surface area contributed by atoms with Crippen LogP contribution in [-0.4, -0.2) is 0 Å². The van der Waals surface area contributed by atoms with Crippen LogP contribution < -0.4 is 9.30 Å². The Morgan fingerprint density at radius 1 is 0.781 bits per heavy atom. The highest BCUT2D eigenvalue weighted by molar-refractivity contribution is 6.16. The minimum atomic E-state index is 0.497. The second-order valence-electron chi connectivity index (χ2n) is 9.68. The molecule has 0 saturated carbocycles. The van der Waals surface area contributed by atoms with Crippen LogP contribution in [0.5, 0.6) is 11.5 Å². The Bertz CT molecular complexity index is 1610. The zero-order valence-electron chi connectivity index (χ0n) is 19.6. The van der Waals surface area contributed by atoms with E-state index in [4.69, 9.17) is 4.74 Å². The lowest BCUT2D eigenvalue weighted by Gasteiger charge is -2.25. The summed E-state index contributed by atoms with van der Waals surface area (Å²) in [5, 5.41) is 7.58. The van der Waals surface area contributed by atoms with Crippen LogP contribution in [0.15, 0.2) is 54.7 Å². The highest BCUT2D eigenvalue weighted by Crippen LogP contribution is 2.51. The number of hydrogen-bond acceptors (Lipinski definition) is 1. The van der Waals surface area contributed by atoms with Gasteiger partial charge in [-0.25, -0.2) is 4.57 Å². The third kappa shape index (κ3) is 2.50. The summed E-state index contributed by atoms with van der Waals surface area (Å²) < 4.78 is 9.01. The molecule has 6 rings (SSSR count). The number of ether oxygens (including phenoxy) is 1.